The summed E-state index contributed by atoms with van der Waals surface area (Å²) < 4.78 is 38.1. The molecule has 1 atom stereocenters. The van der Waals surface area contributed by atoms with Crippen LogP contribution >= 0.6 is 0 Å². The number of hydrogen-bond donors (Lipinski definition) is 2. The van der Waals surface area contributed by atoms with Gasteiger partial charge in [0, 0.05) is 18.7 Å². The van der Waals surface area contributed by atoms with Gasteiger partial charge in [0.15, 0.2) is 11.5 Å². The second kappa shape index (κ2) is 6.57. The van der Waals surface area contributed by atoms with Crippen molar-refractivity contribution in [1.29, 1.82) is 0 Å². The second-order valence-electron chi connectivity index (χ2n) is 5.17. The van der Waals surface area contributed by atoms with Crippen molar-refractivity contribution in [2.24, 2.45) is 5.73 Å². The van der Waals surface area contributed by atoms with E-state index >= 15 is 0 Å². The quantitative estimate of drug-likeness (QED) is 0.863. The van der Waals surface area contributed by atoms with Crippen LogP contribution in [0.2, 0.25) is 0 Å². The van der Waals surface area contributed by atoms with Gasteiger partial charge in [-0.1, -0.05) is 30.3 Å². The topological polar surface area (TPSA) is 90.7 Å². The van der Waals surface area contributed by atoms with Crippen molar-refractivity contribution >= 4 is 10.0 Å². The highest BCUT2D eigenvalue weighted by atomic mass is 32.2. The predicted molar refractivity (Wildman–Crippen MR) is 86.0 cm³/mol. The number of rotatable bonds is 5. The molecule has 7 heteroatoms. The summed E-state index contributed by atoms with van der Waals surface area (Å²) in [6, 6.07) is 13.5. The molecule has 0 spiro atoms. The molecule has 122 valence electrons. The highest BCUT2D eigenvalue weighted by Gasteiger charge is 2.20. The number of nitrogens with one attached hydrogen (secondary N) is 1. The van der Waals surface area contributed by atoms with Crippen molar-refractivity contribution in [2.75, 3.05) is 19.8 Å². The van der Waals surface area contributed by atoms with Gasteiger partial charge in [-0.25, -0.2) is 13.1 Å². The molecule has 0 radical (unpaired) electrons. The van der Waals surface area contributed by atoms with Crippen molar-refractivity contribution in [2.45, 2.75) is 10.9 Å². The Hall–Kier alpha value is -2.09. The van der Waals surface area contributed by atoms with Crippen LogP contribution in [0.25, 0.3) is 0 Å². The van der Waals surface area contributed by atoms with Crippen LogP contribution in [-0.2, 0) is 10.0 Å². The first-order valence-electron chi connectivity index (χ1n) is 7.26. The SMILES string of the molecule is NC(CNS(=O)(=O)c1ccc2c(c1)OCCO2)c1ccccc1. The number of ether oxygens (including phenoxy) is 2. The van der Waals surface area contributed by atoms with Crippen LogP contribution in [0.15, 0.2) is 53.4 Å². The van der Waals surface area contributed by atoms with E-state index in [1.165, 1.54) is 12.1 Å². The molecule has 0 saturated carbocycles. The lowest BCUT2D eigenvalue weighted by Crippen LogP contribution is -2.32. The molecule has 23 heavy (non-hydrogen) atoms. The lowest BCUT2D eigenvalue weighted by Gasteiger charge is -2.19. The highest BCUT2D eigenvalue weighted by Crippen LogP contribution is 2.32. The van der Waals surface area contributed by atoms with Gasteiger partial charge in [-0.15, -0.1) is 0 Å². The zero-order valence-electron chi connectivity index (χ0n) is 12.4. The number of sulfonamides is 1. The number of fused-ring (bicyclic) bond motifs is 1. The first-order chi connectivity index (χ1) is 11.1. The standard InChI is InChI=1S/C16H18N2O4S/c17-14(12-4-2-1-3-5-12)11-18-23(19,20)13-6-7-15-16(10-13)22-9-8-21-15/h1-7,10,14,18H,8-9,11,17H2. The molecule has 2 aromatic rings. The average molecular weight is 334 g/mol. The highest BCUT2D eigenvalue weighted by molar-refractivity contribution is 7.89. The van der Waals surface area contributed by atoms with Crippen molar-refractivity contribution in [3.63, 3.8) is 0 Å². The van der Waals surface area contributed by atoms with Crippen LogP contribution in [-0.4, -0.2) is 28.2 Å². The third-order valence-electron chi connectivity index (χ3n) is 3.54. The van der Waals surface area contributed by atoms with E-state index in [0.29, 0.717) is 24.7 Å². The molecule has 6 nitrogen and oxygen atoms in total. The van der Waals surface area contributed by atoms with E-state index in [0.717, 1.165) is 5.56 Å². The smallest absolute Gasteiger partial charge is 0.240 e. The lowest BCUT2D eigenvalue weighted by atomic mass is 10.1. The molecule has 1 aliphatic rings. The summed E-state index contributed by atoms with van der Waals surface area (Å²) in [7, 11) is -3.66. The molecule has 0 saturated heterocycles. The van der Waals surface area contributed by atoms with Gasteiger partial charge in [0.25, 0.3) is 0 Å². The Morgan fingerprint density at radius 2 is 1.74 bits per heavy atom. The molecule has 0 amide bonds. The number of hydrogen-bond acceptors (Lipinski definition) is 5. The molecule has 3 rings (SSSR count). The minimum Gasteiger partial charge on any atom is -0.486 e. The second-order valence-corrected chi connectivity index (χ2v) is 6.94. The fourth-order valence-electron chi connectivity index (χ4n) is 2.29. The van der Waals surface area contributed by atoms with Crippen molar-refractivity contribution in [1.82, 2.24) is 4.72 Å². The minimum atomic E-state index is -3.66. The molecule has 0 bridgehead atoms. The molecule has 1 heterocycles. The van der Waals surface area contributed by atoms with Gasteiger partial charge in [0.1, 0.15) is 13.2 Å². The maximum absolute atomic E-state index is 12.4. The van der Waals surface area contributed by atoms with E-state index in [-0.39, 0.29) is 11.4 Å². The van der Waals surface area contributed by atoms with Gasteiger partial charge in [0.05, 0.1) is 4.90 Å². The van der Waals surface area contributed by atoms with Gasteiger partial charge < -0.3 is 15.2 Å². The molecule has 1 aliphatic heterocycles. The lowest BCUT2D eigenvalue weighted by molar-refractivity contribution is 0.171. The Morgan fingerprint density at radius 3 is 2.48 bits per heavy atom. The Labute approximate surface area is 135 Å². The molecule has 0 aliphatic carbocycles. The van der Waals surface area contributed by atoms with Crippen LogP contribution in [0.5, 0.6) is 11.5 Å². The summed E-state index contributed by atoms with van der Waals surface area (Å²) in [5, 5.41) is 0. The summed E-state index contributed by atoms with van der Waals surface area (Å²) in [5.41, 5.74) is 6.89. The molecular weight excluding hydrogens is 316 g/mol. The maximum atomic E-state index is 12.4. The third-order valence-corrected chi connectivity index (χ3v) is 4.97. The van der Waals surface area contributed by atoms with Crippen molar-refractivity contribution in [3.05, 3.63) is 54.1 Å². The van der Waals surface area contributed by atoms with Gasteiger partial charge in [0.2, 0.25) is 10.0 Å². The van der Waals surface area contributed by atoms with Gasteiger partial charge >= 0.3 is 0 Å². The zero-order valence-corrected chi connectivity index (χ0v) is 13.3. The van der Waals surface area contributed by atoms with E-state index in [1.807, 2.05) is 30.3 Å². The summed E-state index contributed by atoms with van der Waals surface area (Å²) in [6.07, 6.45) is 0. The molecule has 1 unspecified atom stereocenters. The van der Waals surface area contributed by atoms with Crippen LogP contribution < -0.4 is 19.9 Å². The average Bonchev–Trinajstić information content (AvgIpc) is 2.60. The first-order valence-corrected chi connectivity index (χ1v) is 8.74. The van der Waals surface area contributed by atoms with Crippen LogP contribution in [0.1, 0.15) is 11.6 Å². The molecule has 0 fully saturated rings. The Kier molecular flexibility index (Phi) is 4.51. The summed E-state index contributed by atoms with van der Waals surface area (Å²) in [5.74, 6) is 0.989. The van der Waals surface area contributed by atoms with Crippen LogP contribution in [0.3, 0.4) is 0 Å². The summed E-state index contributed by atoms with van der Waals surface area (Å²) >= 11 is 0. The number of nitrogens with two attached hydrogens (primary N) is 1. The van der Waals surface area contributed by atoms with E-state index < -0.39 is 16.1 Å². The zero-order chi connectivity index (χ0) is 16.3. The monoisotopic (exact) mass is 334 g/mol. The van der Waals surface area contributed by atoms with Crippen LogP contribution in [0, 0.1) is 0 Å². The molecule has 2 aromatic carbocycles. The maximum Gasteiger partial charge on any atom is 0.240 e. The van der Waals surface area contributed by atoms with E-state index in [1.54, 1.807) is 6.07 Å². The molecule has 0 aromatic heterocycles. The van der Waals surface area contributed by atoms with Gasteiger partial charge in [-0.2, -0.15) is 0 Å². The first kappa shape index (κ1) is 15.8. The van der Waals surface area contributed by atoms with E-state index in [4.69, 9.17) is 15.2 Å². The number of benzene rings is 2. The minimum absolute atomic E-state index is 0.112. The van der Waals surface area contributed by atoms with E-state index in [9.17, 15) is 8.42 Å². The Morgan fingerprint density at radius 1 is 1.04 bits per heavy atom. The Bertz CT molecular complexity index is 778. The van der Waals surface area contributed by atoms with Gasteiger partial charge in [-0.05, 0) is 17.7 Å². The largest absolute Gasteiger partial charge is 0.486 e. The third kappa shape index (κ3) is 3.64. The van der Waals surface area contributed by atoms with Crippen LogP contribution in [0.4, 0.5) is 0 Å². The fraction of sp³-hybridized carbons (Fsp3) is 0.250. The molecular formula is C16H18N2O4S. The Balaban J connectivity index is 1.72. The molecule has 3 N–H and O–H groups in total. The van der Waals surface area contributed by atoms with Crippen molar-refractivity contribution < 1.29 is 17.9 Å². The van der Waals surface area contributed by atoms with Gasteiger partial charge in [-0.3, -0.25) is 0 Å². The summed E-state index contributed by atoms with van der Waals surface area (Å²) in [4.78, 5) is 0.127. The normalized spacial score (nSPS) is 15.2. The van der Waals surface area contributed by atoms with Crippen molar-refractivity contribution in [3.8, 4) is 11.5 Å². The predicted octanol–water partition coefficient (Wildman–Crippen LogP) is 1.44. The fourth-order valence-corrected chi connectivity index (χ4v) is 3.37. The van der Waals surface area contributed by atoms with E-state index in [2.05, 4.69) is 4.72 Å². The summed E-state index contributed by atoms with van der Waals surface area (Å²) in [6.45, 7) is 0.979.